The average molecular weight is 316 g/mol. The number of carboxylic acid groups (broad SMARTS) is 1. The minimum atomic E-state index is -1.67. The molecule has 0 spiro atoms. The van der Waals surface area contributed by atoms with Crippen molar-refractivity contribution in [2.75, 3.05) is 13.2 Å². The number of rotatable bonds is 7. The number of aliphatic hydroxyl groups excluding tert-OH is 6. The molecule has 0 rings (SSSR count). The van der Waals surface area contributed by atoms with Crippen LogP contribution in [0.3, 0.4) is 0 Å². The van der Waals surface area contributed by atoms with Crippen LogP contribution in [0.25, 0.3) is 0 Å². The quantitative estimate of drug-likeness (QED) is 0.153. The Bertz CT molecular complexity index is 294. The molecule has 4 atom stereocenters. The normalized spacial score (nSPS) is 16.5. The molecule has 21 heavy (non-hydrogen) atoms. The van der Waals surface area contributed by atoms with Crippen molar-refractivity contribution < 1.29 is 70.1 Å². The third-order valence-corrected chi connectivity index (χ3v) is 2.05. The van der Waals surface area contributed by atoms with Crippen molar-refractivity contribution in [3.8, 4) is 0 Å². The average Bonchev–Trinajstić information content (AvgIpc) is 2.44. The van der Waals surface area contributed by atoms with Crippen LogP contribution in [0, 0.1) is 0 Å². The Labute approximate surface area is 145 Å². The summed E-state index contributed by atoms with van der Waals surface area (Å²) < 4.78 is 0. The van der Waals surface area contributed by atoms with Crippen LogP contribution in [0.4, 0.5) is 0 Å². The maximum absolute atomic E-state index is 9.64. The predicted molar refractivity (Wildman–Crippen MR) is 67.2 cm³/mol. The van der Waals surface area contributed by atoms with Crippen molar-refractivity contribution in [3.05, 3.63) is 24.3 Å². The molecular weight excluding hydrogens is 295 g/mol. The van der Waals surface area contributed by atoms with E-state index in [9.17, 15) is 9.90 Å². The van der Waals surface area contributed by atoms with Gasteiger partial charge in [0, 0.05) is 0 Å². The number of aliphatic carboxylic acids is 1. The summed E-state index contributed by atoms with van der Waals surface area (Å²) in [6.45, 7) is 0.354. The molecule has 0 aromatic heterocycles. The third-order valence-electron chi connectivity index (χ3n) is 2.05. The molecule has 118 valence electrons. The molecule has 0 saturated heterocycles. The van der Waals surface area contributed by atoms with Crippen molar-refractivity contribution in [2.45, 2.75) is 31.3 Å². The van der Waals surface area contributed by atoms with Crippen LogP contribution >= 0.6 is 0 Å². The molecular formula is C12H21NaO8. The van der Waals surface area contributed by atoms with Gasteiger partial charge in [0.05, 0.1) is 19.2 Å². The van der Waals surface area contributed by atoms with Gasteiger partial charge in [-0.15, -0.1) is 0 Å². The Kier molecular flexibility index (Phi) is 19.7. The summed E-state index contributed by atoms with van der Waals surface area (Å²) in [4.78, 5) is 9.64. The Balaban J connectivity index is -0.000000317. The molecule has 8 nitrogen and oxygen atoms in total. The first-order chi connectivity index (χ1) is 9.31. The van der Waals surface area contributed by atoms with E-state index in [1.165, 1.54) is 6.08 Å². The Hall–Kier alpha value is -0.290. The van der Waals surface area contributed by atoms with Gasteiger partial charge < -0.3 is 40.5 Å². The first kappa shape index (κ1) is 25.7. The SMILES string of the molecule is C/C=C/C=C/C(=O)[O-].OCC(O)C(O)C(O)C(O)CO.[Na+]. The van der Waals surface area contributed by atoms with E-state index in [2.05, 4.69) is 0 Å². The number of hydrogen-bond acceptors (Lipinski definition) is 8. The van der Waals surface area contributed by atoms with Gasteiger partial charge >= 0.3 is 29.6 Å². The number of allylic oxidation sites excluding steroid dienone is 3. The maximum atomic E-state index is 9.64. The number of hydrogen-bond donors (Lipinski definition) is 6. The van der Waals surface area contributed by atoms with Gasteiger partial charge in [0.2, 0.25) is 0 Å². The summed E-state index contributed by atoms with van der Waals surface area (Å²) in [5.41, 5.74) is 0. The van der Waals surface area contributed by atoms with Crippen LogP contribution in [0.5, 0.6) is 0 Å². The van der Waals surface area contributed by atoms with Crippen LogP contribution in [0.1, 0.15) is 6.92 Å². The predicted octanol–water partition coefficient (Wildman–Crippen LogP) is -6.71. The fraction of sp³-hybridized carbons (Fsp3) is 0.583. The second kappa shape index (κ2) is 16.1. The zero-order valence-corrected chi connectivity index (χ0v) is 14.0. The van der Waals surface area contributed by atoms with Crippen LogP contribution < -0.4 is 34.7 Å². The number of carbonyl (C=O) groups excluding carboxylic acids is 1. The first-order valence-corrected chi connectivity index (χ1v) is 5.76. The fourth-order valence-corrected chi connectivity index (χ4v) is 0.916. The van der Waals surface area contributed by atoms with Gasteiger partial charge in [-0.1, -0.05) is 18.2 Å². The molecule has 0 bridgehead atoms. The Morgan fingerprint density at radius 2 is 1.38 bits per heavy atom. The van der Waals surface area contributed by atoms with E-state index >= 15 is 0 Å². The second-order valence-corrected chi connectivity index (χ2v) is 3.68. The van der Waals surface area contributed by atoms with Crippen molar-refractivity contribution in [2.24, 2.45) is 0 Å². The molecule has 0 aromatic rings. The molecule has 4 unspecified atom stereocenters. The van der Waals surface area contributed by atoms with Gasteiger partial charge in [0.1, 0.15) is 24.4 Å². The van der Waals surface area contributed by atoms with Gasteiger partial charge in [0.25, 0.3) is 0 Å². The van der Waals surface area contributed by atoms with Gasteiger partial charge in [-0.05, 0) is 13.0 Å². The number of carbonyl (C=O) groups is 1. The Morgan fingerprint density at radius 1 is 1.00 bits per heavy atom. The fourth-order valence-electron chi connectivity index (χ4n) is 0.916. The van der Waals surface area contributed by atoms with Gasteiger partial charge in [-0.2, -0.15) is 0 Å². The smallest absolute Gasteiger partial charge is 0.545 e. The van der Waals surface area contributed by atoms with Crippen molar-refractivity contribution in [3.63, 3.8) is 0 Å². The molecule has 0 heterocycles. The van der Waals surface area contributed by atoms with E-state index in [0.29, 0.717) is 0 Å². The molecule has 9 heteroatoms. The second-order valence-electron chi connectivity index (χ2n) is 3.68. The maximum Gasteiger partial charge on any atom is 1.00 e. The summed E-state index contributed by atoms with van der Waals surface area (Å²) in [6, 6.07) is 0. The van der Waals surface area contributed by atoms with E-state index in [4.69, 9.17) is 30.6 Å². The topological polar surface area (TPSA) is 162 Å². The molecule has 0 aromatic carbocycles. The van der Waals surface area contributed by atoms with Crippen molar-refractivity contribution in [1.29, 1.82) is 0 Å². The molecule has 0 fully saturated rings. The summed E-state index contributed by atoms with van der Waals surface area (Å²) in [5.74, 6) is -1.16. The van der Waals surface area contributed by atoms with Crippen LogP contribution in [0.2, 0.25) is 0 Å². The molecule has 0 aliphatic rings. The van der Waals surface area contributed by atoms with Crippen LogP contribution in [0.15, 0.2) is 24.3 Å². The van der Waals surface area contributed by atoms with Crippen LogP contribution in [-0.4, -0.2) is 74.2 Å². The van der Waals surface area contributed by atoms with Gasteiger partial charge in [0.15, 0.2) is 0 Å². The molecule has 0 saturated carbocycles. The zero-order chi connectivity index (χ0) is 16.1. The summed E-state index contributed by atoms with van der Waals surface area (Å²) >= 11 is 0. The molecule has 0 aliphatic carbocycles. The minimum absolute atomic E-state index is 0. The number of aliphatic hydroxyl groups is 6. The van der Waals surface area contributed by atoms with E-state index < -0.39 is 43.6 Å². The van der Waals surface area contributed by atoms with Crippen molar-refractivity contribution in [1.82, 2.24) is 0 Å². The summed E-state index contributed by atoms with van der Waals surface area (Å²) in [5, 5.41) is 61.8. The summed E-state index contributed by atoms with van der Waals surface area (Å²) in [6.07, 6.45) is -0.651. The zero-order valence-electron chi connectivity index (χ0n) is 12.0. The largest absolute Gasteiger partial charge is 1.00 e. The standard InChI is InChI=1S/C6H14O6.C6H8O2.Na/c7-1-3(9)5(11)6(12)4(10)2-8;1-2-3-4-5-6(7)8;/h3-12H,1-2H2;2-5H,1H3,(H,7,8);/q;;+1/p-1/b;3-2+,5-4+;. The molecule has 0 radical (unpaired) electrons. The third kappa shape index (κ3) is 14.4. The van der Waals surface area contributed by atoms with Gasteiger partial charge in [-0.3, -0.25) is 0 Å². The van der Waals surface area contributed by atoms with E-state index in [1.54, 1.807) is 19.1 Å². The molecule has 0 aliphatic heterocycles. The first-order valence-electron chi connectivity index (χ1n) is 5.76. The molecule has 6 N–H and O–H groups in total. The van der Waals surface area contributed by atoms with E-state index in [-0.39, 0.29) is 29.6 Å². The van der Waals surface area contributed by atoms with E-state index in [1.807, 2.05) is 0 Å². The van der Waals surface area contributed by atoms with Crippen LogP contribution in [-0.2, 0) is 4.79 Å². The van der Waals surface area contributed by atoms with Crippen molar-refractivity contribution >= 4 is 5.97 Å². The molecule has 0 amide bonds. The Morgan fingerprint density at radius 3 is 1.62 bits per heavy atom. The van der Waals surface area contributed by atoms with Gasteiger partial charge in [-0.25, -0.2) is 0 Å². The number of carboxylic acids is 1. The summed E-state index contributed by atoms with van der Waals surface area (Å²) in [7, 11) is 0. The van der Waals surface area contributed by atoms with E-state index in [0.717, 1.165) is 6.08 Å². The minimum Gasteiger partial charge on any atom is -0.545 e. The monoisotopic (exact) mass is 316 g/mol.